The zero-order chi connectivity index (χ0) is 15.4. The molecule has 0 spiro atoms. The SMILES string of the molecule is CCOC(=O)c1cccc(C(=O)c2ccc(O)cc2O)c1. The highest BCUT2D eigenvalue weighted by atomic mass is 16.5. The lowest BCUT2D eigenvalue weighted by atomic mass is 10.0. The van der Waals surface area contributed by atoms with Crippen LogP contribution in [0.2, 0.25) is 0 Å². The van der Waals surface area contributed by atoms with Crippen molar-refractivity contribution < 1.29 is 24.5 Å². The van der Waals surface area contributed by atoms with Gasteiger partial charge in [-0.05, 0) is 31.2 Å². The van der Waals surface area contributed by atoms with Gasteiger partial charge >= 0.3 is 5.97 Å². The second-order valence-electron chi connectivity index (χ2n) is 4.33. The smallest absolute Gasteiger partial charge is 0.338 e. The third-order valence-corrected chi connectivity index (χ3v) is 2.86. The Morgan fingerprint density at radius 1 is 1.05 bits per heavy atom. The fraction of sp³-hybridized carbons (Fsp3) is 0.125. The maximum atomic E-state index is 12.3. The van der Waals surface area contributed by atoms with Gasteiger partial charge in [-0.25, -0.2) is 4.79 Å². The summed E-state index contributed by atoms with van der Waals surface area (Å²) in [4.78, 5) is 24.0. The second-order valence-corrected chi connectivity index (χ2v) is 4.33. The Labute approximate surface area is 121 Å². The van der Waals surface area contributed by atoms with Crippen molar-refractivity contribution in [3.8, 4) is 11.5 Å². The monoisotopic (exact) mass is 286 g/mol. The van der Waals surface area contributed by atoms with Crippen LogP contribution in [-0.2, 0) is 4.74 Å². The largest absolute Gasteiger partial charge is 0.508 e. The fourth-order valence-corrected chi connectivity index (χ4v) is 1.87. The van der Waals surface area contributed by atoms with Crippen LogP contribution in [0.15, 0.2) is 42.5 Å². The van der Waals surface area contributed by atoms with E-state index in [4.69, 9.17) is 4.74 Å². The predicted molar refractivity (Wildman–Crippen MR) is 75.6 cm³/mol. The minimum Gasteiger partial charge on any atom is -0.508 e. The molecule has 0 radical (unpaired) electrons. The molecule has 2 rings (SSSR count). The highest BCUT2D eigenvalue weighted by Gasteiger charge is 2.16. The molecule has 0 saturated carbocycles. The van der Waals surface area contributed by atoms with E-state index in [1.807, 2.05) is 0 Å². The summed E-state index contributed by atoms with van der Waals surface area (Å²) in [7, 11) is 0. The molecular weight excluding hydrogens is 272 g/mol. The van der Waals surface area contributed by atoms with Crippen LogP contribution in [0.25, 0.3) is 0 Å². The molecule has 0 aromatic heterocycles. The first-order valence-corrected chi connectivity index (χ1v) is 6.36. The third-order valence-electron chi connectivity index (χ3n) is 2.86. The van der Waals surface area contributed by atoms with Crippen LogP contribution < -0.4 is 0 Å². The molecular formula is C16H14O5. The molecule has 0 unspecified atom stereocenters. The number of hydrogen-bond donors (Lipinski definition) is 2. The first-order chi connectivity index (χ1) is 10.0. The van der Waals surface area contributed by atoms with E-state index < -0.39 is 11.8 Å². The highest BCUT2D eigenvalue weighted by molar-refractivity contribution is 6.11. The Balaban J connectivity index is 2.35. The number of carbonyl (C=O) groups excluding carboxylic acids is 2. The Bertz CT molecular complexity index is 691. The molecule has 0 bridgehead atoms. The molecule has 0 amide bonds. The van der Waals surface area contributed by atoms with Gasteiger partial charge < -0.3 is 14.9 Å². The molecule has 0 fully saturated rings. The summed E-state index contributed by atoms with van der Waals surface area (Å²) >= 11 is 0. The minimum absolute atomic E-state index is 0.0498. The number of benzene rings is 2. The van der Waals surface area contributed by atoms with E-state index in [0.29, 0.717) is 0 Å². The summed E-state index contributed by atoms with van der Waals surface area (Å²) in [6.45, 7) is 1.94. The summed E-state index contributed by atoms with van der Waals surface area (Å²) in [5, 5.41) is 18.9. The van der Waals surface area contributed by atoms with Gasteiger partial charge in [0.2, 0.25) is 0 Å². The van der Waals surface area contributed by atoms with Crippen LogP contribution in [-0.4, -0.2) is 28.6 Å². The van der Waals surface area contributed by atoms with E-state index in [2.05, 4.69) is 0 Å². The van der Waals surface area contributed by atoms with Crippen molar-refractivity contribution >= 4 is 11.8 Å². The maximum Gasteiger partial charge on any atom is 0.338 e. The van der Waals surface area contributed by atoms with Gasteiger partial charge in [0, 0.05) is 11.6 Å². The van der Waals surface area contributed by atoms with Gasteiger partial charge in [0.15, 0.2) is 5.78 Å². The number of hydrogen-bond acceptors (Lipinski definition) is 5. The van der Waals surface area contributed by atoms with Crippen molar-refractivity contribution in [2.75, 3.05) is 6.61 Å². The topological polar surface area (TPSA) is 83.8 Å². The molecule has 0 aliphatic heterocycles. The highest BCUT2D eigenvalue weighted by Crippen LogP contribution is 2.25. The minimum atomic E-state index is -0.512. The average molecular weight is 286 g/mol. The van der Waals surface area contributed by atoms with Gasteiger partial charge in [-0.2, -0.15) is 0 Å². The summed E-state index contributed by atoms with van der Waals surface area (Å²) in [5.74, 6) is -1.41. The Morgan fingerprint density at radius 2 is 1.76 bits per heavy atom. The van der Waals surface area contributed by atoms with E-state index in [-0.39, 0.29) is 34.8 Å². The molecule has 0 aliphatic carbocycles. The van der Waals surface area contributed by atoms with Gasteiger partial charge in [-0.1, -0.05) is 12.1 Å². The number of carbonyl (C=O) groups is 2. The van der Waals surface area contributed by atoms with Crippen molar-refractivity contribution in [3.63, 3.8) is 0 Å². The number of aromatic hydroxyl groups is 2. The van der Waals surface area contributed by atoms with Crippen LogP contribution >= 0.6 is 0 Å². The molecule has 0 saturated heterocycles. The van der Waals surface area contributed by atoms with Gasteiger partial charge in [0.05, 0.1) is 17.7 Å². The van der Waals surface area contributed by atoms with Gasteiger partial charge in [-0.3, -0.25) is 4.79 Å². The number of phenolic OH excluding ortho intramolecular Hbond substituents is 2. The van der Waals surface area contributed by atoms with Crippen molar-refractivity contribution in [2.24, 2.45) is 0 Å². The number of rotatable bonds is 4. The van der Waals surface area contributed by atoms with Gasteiger partial charge in [-0.15, -0.1) is 0 Å². The third kappa shape index (κ3) is 3.20. The van der Waals surface area contributed by atoms with Crippen LogP contribution in [0.3, 0.4) is 0 Å². The Morgan fingerprint density at radius 3 is 2.43 bits per heavy atom. The molecule has 108 valence electrons. The standard InChI is InChI=1S/C16H14O5/c1-2-21-16(20)11-5-3-4-10(8-11)15(19)13-7-6-12(17)9-14(13)18/h3-9,17-18H,2H2,1H3. The Kier molecular flexibility index (Phi) is 4.23. The molecule has 2 N–H and O–H groups in total. The lowest BCUT2D eigenvalue weighted by molar-refractivity contribution is 0.0526. The number of ketones is 1. The normalized spacial score (nSPS) is 10.1. The van der Waals surface area contributed by atoms with Crippen LogP contribution in [0.4, 0.5) is 0 Å². The average Bonchev–Trinajstić information content (AvgIpc) is 2.47. The van der Waals surface area contributed by atoms with Gasteiger partial charge in [0.1, 0.15) is 11.5 Å². The number of phenols is 2. The first kappa shape index (κ1) is 14.6. The van der Waals surface area contributed by atoms with Crippen LogP contribution in [0.1, 0.15) is 33.2 Å². The maximum absolute atomic E-state index is 12.3. The van der Waals surface area contributed by atoms with Crippen molar-refractivity contribution in [2.45, 2.75) is 6.92 Å². The fourth-order valence-electron chi connectivity index (χ4n) is 1.87. The van der Waals surface area contributed by atoms with E-state index in [1.54, 1.807) is 19.1 Å². The summed E-state index contributed by atoms with van der Waals surface area (Å²) in [5.41, 5.74) is 0.566. The molecule has 5 nitrogen and oxygen atoms in total. The van der Waals surface area contributed by atoms with Crippen molar-refractivity contribution in [3.05, 3.63) is 59.2 Å². The lowest BCUT2D eigenvalue weighted by Crippen LogP contribution is -2.07. The second kappa shape index (κ2) is 6.09. The van der Waals surface area contributed by atoms with Crippen LogP contribution in [0, 0.1) is 0 Å². The first-order valence-electron chi connectivity index (χ1n) is 6.36. The van der Waals surface area contributed by atoms with E-state index in [0.717, 1.165) is 6.07 Å². The van der Waals surface area contributed by atoms with E-state index in [1.165, 1.54) is 24.3 Å². The number of esters is 1. The summed E-state index contributed by atoms with van der Waals surface area (Å²) in [6, 6.07) is 9.78. The molecule has 5 heteroatoms. The lowest BCUT2D eigenvalue weighted by Gasteiger charge is -2.06. The zero-order valence-electron chi connectivity index (χ0n) is 11.4. The Hall–Kier alpha value is -2.82. The molecule has 2 aromatic carbocycles. The van der Waals surface area contributed by atoms with E-state index in [9.17, 15) is 19.8 Å². The molecule has 2 aromatic rings. The zero-order valence-corrected chi connectivity index (χ0v) is 11.4. The van der Waals surface area contributed by atoms with Crippen molar-refractivity contribution in [1.82, 2.24) is 0 Å². The summed E-state index contributed by atoms with van der Waals surface area (Å²) in [6.07, 6.45) is 0. The molecule has 0 aliphatic rings. The van der Waals surface area contributed by atoms with Crippen LogP contribution in [0.5, 0.6) is 11.5 Å². The van der Waals surface area contributed by atoms with E-state index >= 15 is 0 Å². The van der Waals surface area contributed by atoms with Crippen molar-refractivity contribution in [1.29, 1.82) is 0 Å². The quantitative estimate of drug-likeness (QED) is 0.666. The molecule has 0 atom stereocenters. The molecule has 0 heterocycles. The number of ether oxygens (including phenoxy) is 1. The molecule has 21 heavy (non-hydrogen) atoms. The predicted octanol–water partition coefficient (Wildman–Crippen LogP) is 2.51. The van der Waals surface area contributed by atoms with Gasteiger partial charge in [0.25, 0.3) is 0 Å². The summed E-state index contributed by atoms with van der Waals surface area (Å²) < 4.78 is 4.88.